The third kappa shape index (κ3) is 2.50. The van der Waals surface area contributed by atoms with Gasteiger partial charge in [-0.05, 0) is 23.3 Å². The number of hydrogen-bond donors (Lipinski definition) is 2. The molecule has 1 amide bonds. The summed E-state index contributed by atoms with van der Waals surface area (Å²) in [5.41, 5.74) is 6.39. The summed E-state index contributed by atoms with van der Waals surface area (Å²) in [6.07, 6.45) is 0.431. The zero-order valence-electron chi connectivity index (χ0n) is 11.2. The van der Waals surface area contributed by atoms with E-state index in [0.29, 0.717) is 11.4 Å². The molecule has 0 bridgehead atoms. The SMILES string of the molecule is NC1=N[C@](Cc2ccccc2)(c2cccc(Cl)c2)C(=O)N1. The van der Waals surface area contributed by atoms with Crippen LogP contribution in [-0.4, -0.2) is 11.9 Å². The molecule has 2 aromatic rings. The zero-order chi connectivity index (χ0) is 14.9. The molecule has 0 spiro atoms. The summed E-state index contributed by atoms with van der Waals surface area (Å²) in [4.78, 5) is 16.9. The van der Waals surface area contributed by atoms with Crippen molar-refractivity contribution in [3.63, 3.8) is 0 Å². The molecule has 1 aliphatic rings. The van der Waals surface area contributed by atoms with Gasteiger partial charge in [0.05, 0.1) is 0 Å². The molecule has 0 unspecified atom stereocenters. The molecule has 0 fully saturated rings. The van der Waals surface area contributed by atoms with Gasteiger partial charge in [-0.3, -0.25) is 10.1 Å². The molecule has 0 saturated carbocycles. The first kappa shape index (κ1) is 13.6. The van der Waals surface area contributed by atoms with Crippen molar-refractivity contribution in [3.05, 3.63) is 70.7 Å². The number of carbonyl (C=O) groups is 1. The van der Waals surface area contributed by atoms with Gasteiger partial charge in [0.2, 0.25) is 0 Å². The van der Waals surface area contributed by atoms with E-state index in [0.717, 1.165) is 11.1 Å². The second-order valence-corrected chi connectivity index (χ2v) is 5.42. The average Bonchev–Trinajstić information content (AvgIpc) is 2.75. The number of nitrogens with two attached hydrogens (primary N) is 1. The van der Waals surface area contributed by atoms with E-state index in [1.807, 2.05) is 42.5 Å². The monoisotopic (exact) mass is 299 g/mol. The van der Waals surface area contributed by atoms with Crippen LogP contribution >= 0.6 is 11.6 Å². The molecule has 3 rings (SSSR count). The molecule has 0 radical (unpaired) electrons. The minimum Gasteiger partial charge on any atom is -0.370 e. The van der Waals surface area contributed by atoms with Gasteiger partial charge in [-0.2, -0.15) is 0 Å². The van der Waals surface area contributed by atoms with Crippen LogP contribution in [0, 0.1) is 0 Å². The summed E-state index contributed by atoms with van der Waals surface area (Å²) >= 11 is 6.06. The lowest BCUT2D eigenvalue weighted by Gasteiger charge is -2.24. The Balaban J connectivity index is 2.10. The molecule has 2 aromatic carbocycles. The van der Waals surface area contributed by atoms with Crippen molar-refractivity contribution in [3.8, 4) is 0 Å². The maximum Gasteiger partial charge on any atom is 0.259 e. The van der Waals surface area contributed by atoms with E-state index in [4.69, 9.17) is 17.3 Å². The highest BCUT2D eigenvalue weighted by atomic mass is 35.5. The van der Waals surface area contributed by atoms with Crippen molar-refractivity contribution < 1.29 is 4.79 Å². The third-order valence-corrected chi connectivity index (χ3v) is 3.77. The number of rotatable bonds is 3. The fraction of sp³-hybridized carbons (Fsp3) is 0.125. The quantitative estimate of drug-likeness (QED) is 0.912. The van der Waals surface area contributed by atoms with E-state index in [2.05, 4.69) is 10.3 Å². The highest BCUT2D eigenvalue weighted by Crippen LogP contribution is 2.34. The van der Waals surface area contributed by atoms with Crippen LogP contribution < -0.4 is 11.1 Å². The molecule has 1 aliphatic heterocycles. The summed E-state index contributed by atoms with van der Waals surface area (Å²) in [5.74, 6) is -0.0953. The average molecular weight is 300 g/mol. The smallest absolute Gasteiger partial charge is 0.259 e. The number of nitrogens with zero attached hydrogens (tertiary/aromatic N) is 1. The van der Waals surface area contributed by atoms with E-state index in [1.165, 1.54) is 0 Å². The molecule has 1 heterocycles. The van der Waals surface area contributed by atoms with Gasteiger partial charge in [-0.15, -0.1) is 0 Å². The summed E-state index contributed by atoms with van der Waals surface area (Å²) in [5, 5.41) is 3.15. The number of hydrogen-bond acceptors (Lipinski definition) is 3. The second kappa shape index (κ2) is 5.22. The van der Waals surface area contributed by atoms with E-state index in [-0.39, 0.29) is 11.9 Å². The Morgan fingerprint density at radius 3 is 2.52 bits per heavy atom. The molecular weight excluding hydrogens is 286 g/mol. The summed E-state index contributed by atoms with van der Waals surface area (Å²) in [6.45, 7) is 0. The van der Waals surface area contributed by atoms with E-state index >= 15 is 0 Å². The molecule has 0 aliphatic carbocycles. The maximum absolute atomic E-state index is 12.5. The predicted molar refractivity (Wildman–Crippen MR) is 83.0 cm³/mol. The Kier molecular flexibility index (Phi) is 3.39. The van der Waals surface area contributed by atoms with Crippen LogP contribution in [0.25, 0.3) is 0 Å². The Labute approximate surface area is 127 Å². The van der Waals surface area contributed by atoms with Crippen LogP contribution in [0.2, 0.25) is 5.02 Å². The first-order chi connectivity index (χ1) is 10.1. The van der Waals surface area contributed by atoms with Crippen molar-refractivity contribution in [1.29, 1.82) is 0 Å². The zero-order valence-corrected chi connectivity index (χ0v) is 12.0. The van der Waals surface area contributed by atoms with Crippen LogP contribution in [0.5, 0.6) is 0 Å². The van der Waals surface area contributed by atoms with Crippen molar-refractivity contribution in [1.82, 2.24) is 5.32 Å². The summed E-state index contributed by atoms with van der Waals surface area (Å²) in [7, 11) is 0. The lowest BCUT2D eigenvalue weighted by atomic mass is 9.84. The lowest BCUT2D eigenvalue weighted by Crippen LogP contribution is -2.40. The van der Waals surface area contributed by atoms with Crippen molar-refractivity contribution >= 4 is 23.5 Å². The number of guanidine groups is 1. The standard InChI is InChI=1S/C16H14ClN3O/c17-13-8-4-7-12(9-13)16(14(21)19-15(18)20-16)10-11-5-2-1-3-6-11/h1-9H,10H2,(H3,18,19,20,21)/t16-/m1/s1. The van der Waals surface area contributed by atoms with Crippen LogP contribution in [0.4, 0.5) is 0 Å². The van der Waals surface area contributed by atoms with Gasteiger partial charge >= 0.3 is 0 Å². The molecule has 5 heteroatoms. The Bertz CT molecular complexity index is 714. The number of aliphatic imine (C=N–C) groups is 1. The van der Waals surface area contributed by atoms with E-state index in [1.54, 1.807) is 12.1 Å². The van der Waals surface area contributed by atoms with Crippen LogP contribution in [0.3, 0.4) is 0 Å². The van der Waals surface area contributed by atoms with Gasteiger partial charge in [0.25, 0.3) is 5.91 Å². The normalized spacial score (nSPS) is 21.0. The van der Waals surface area contributed by atoms with Crippen LogP contribution in [0.1, 0.15) is 11.1 Å². The molecule has 0 saturated heterocycles. The lowest BCUT2D eigenvalue weighted by molar-refractivity contribution is -0.124. The number of benzene rings is 2. The van der Waals surface area contributed by atoms with Gasteiger partial charge in [-0.25, -0.2) is 4.99 Å². The molecule has 106 valence electrons. The van der Waals surface area contributed by atoms with Gasteiger partial charge in [0.15, 0.2) is 11.5 Å². The number of amides is 1. The highest BCUT2D eigenvalue weighted by molar-refractivity contribution is 6.30. The maximum atomic E-state index is 12.5. The third-order valence-electron chi connectivity index (χ3n) is 3.53. The fourth-order valence-electron chi connectivity index (χ4n) is 2.56. The molecule has 1 atom stereocenters. The molecule has 0 aromatic heterocycles. The minimum atomic E-state index is -1.06. The largest absolute Gasteiger partial charge is 0.370 e. The summed E-state index contributed by atoms with van der Waals surface area (Å²) in [6, 6.07) is 16.9. The van der Waals surface area contributed by atoms with Crippen molar-refractivity contribution in [2.75, 3.05) is 0 Å². The Hall–Kier alpha value is -2.33. The van der Waals surface area contributed by atoms with Crippen molar-refractivity contribution in [2.24, 2.45) is 10.7 Å². The predicted octanol–water partition coefficient (Wildman–Crippen LogP) is 2.22. The number of carbonyl (C=O) groups excluding carboxylic acids is 1. The van der Waals surface area contributed by atoms with Crippen LogP contribution in [-0.2, 0) is 16.8 Å². The molecule has 21 heavy (non-hydrogen) atoms. The molecule has 3 N–H and O–H groups in total. The van der Waals surface area contributed by atoms with Crippen LogP contribution in [0.15, 0.2) is 59.6 Å². The van der Waals surface area contributed by atoms with Gasteiger partial charge < -0.3 is 5.73 Å². The number of nitrogens with one attached hydrogen (secondary N) is 1. The van der Waals surface area contributed by atoms with E-state index in [9.17, 15) is 4.79 Å². The number of halogens is 1. The topological polar surface area (TPSA) is 67.5 Å². The highest BCUT2D eigenvalue weighted by Gasteiger charge is 2.44. The second-order valence-electron chi connectivity index (χ2n) is 4.98. The van der Waals surface area contributed by atoms with Gasteiger partial charge in [-0.1, -0.05) is 54.1 Å². The van der Waals surface area contributed by atoms with Gasteiger partial charge in [0, 0.05) is 11.4 Å². The van der Waals surface area contributed by atoms with E-state index < -0.39 is 5.54 Å². The summed E-state index contributed by atoms with van der Waals surface area (Å²) < 4.78 is 0. The Morgan fingerprint density at radius 1 is 1.14 bits per heavy atom. The van der Waals surface area contributed by atoms with Gasteiger partial charge in [0.1, 0.15) is 0 Å². The Morgan fingerprint density at radius 2 is 1.90 bits per heavy atom. The first-order valence-electron chi connectivity index (χ1n) is 6.57. The molecule has 4 nitrogen and oxygen atoms in total. The molecular formula is C16H14ClN3O. The fourth-order valence-corrected chi connectivity index (χ4v) is 2.75. The first-order valence-corrected chi connectivity index (χ1v) is 6.95. The minimum absolute atomic E-state index is 0.135. The van der Waals surface area contributed by atoms with Crippen molar-refractivity contribution in [2.45, 2.75) is 12.0 Å².